The lowest BCUT2D eigenvalue weighted by Gasteiger charge is -2.20. The fourth-order valence-corrected chi connectivity index (χ4v) is 4.00. The third-order valence-electron chi connectivity index (χ3n) is 5.06. The molecule has 2 heterocycles. The van der Waals surface area contributed by atoms with Crippen LogP contribution < -0.4 is 0 Å². The highest BCUT2D eigenvalue weighted by Crippen LogP contribution is 2.25. The summed E-state index contributed by atoms with van der Waals surface area (Å²) in [4.78, 5) is 5.02. The lowest BCUT2D eigenvalue weighted by Crippen LogP contribution is -2.26. The van der Waals surface area contributed by atoms with Crippen molar-refractivity contribution in [1.29, 1.82) is 0 Å². The van der Waals surface area contributed by atoms with E-state index in [1.54, 1.807) is 0 Å². The van der Waals surface area contributed by atoms with Gasteiger partial charge in [-0.1, -0.05) is 34.6 Å². The van der Waals surface area contributed by atoms with Crippen molar-refractivity contribution in [3.63, 3.8) is 0 Å². The largest absolute Gasteiger partial charge is 0.303 e. The molecule has 0 saturated carbocycles. The first-order valence-electron chi connectivity index (χ1n) is 9.20. The smallest absolute Gasteiger partial charge is 0.00977 e. The van der Waals surface area contributed by atoms with Gasteiger partial charge >= 0.3 is 0 Å². The predicted octanol–water partition coefficient (Wildman–Crippen LogP) is 4.50. The minimum Gasteiger partial charge on any atom is -0.303 e. The van der Waals surface area contributed by atoms with Crippen LogP contribution in [0.3, 0.4) is 0 Å². The molecule has 0 aromatic rings. The van der Waals surface area contributed by atoms with Crippen LogP contribution in [0.25, 0.3) is 0 Å². The van der Waals surface area contributed by atoms with Crippen molar-refractivity contribution in [2.24, 2.45) is 17.8 Å². The van der Waals surface area contributed by atoms with Crippen molar-refractivity contribution in [3.8, 4) is 0 Å². The minimum absolute atomic E-state index is 0.854. The molecule has 0 spiro atoms. The fraction of sp³-hybridized carbons (Fsp3) is 1.00. The number of nitrogens with zero attached hydrogens (tertiary/aromatic N) is 2. The maximum atomic E-state index is 2.52. The number of hydrogen-bond acceptors (Lipinski definition) is 2. The van der Waals surface area contributed by atoms with E-state index in [9.17, 15) is 0 Å². The third-order valence-corrected chi connectivity index (χ3v) is 5.06. The molecule has 2 heteroatoms. The van der Waals surface area contributed by atoms with Crippen molar-refractivity contribution < 1.29 is 0 Å². The van der Waals surface area contributed by atoms with Gasteiger partial charge in [-0.2, -0.15) is 0 Å². The Morgan fingerprint density at radius 1 is 0.905 bits per heavy atom. The van der Waals surface area contributed by atoms with E-state index >= 15 is 0 Å². The molecule has 2 nitrogen and oxygen atoms in total. The van der Waals surface area contributed by atoms with Crippen molar-refractivity contribution in [2.45, 2.75) is 78.8 Å². The molecular formula is C19H40N2. The Morgan fingerprint density at radius 2 is 1.48 bits per heavy atom. The van der Waals surface area contributed by atoms with E-state index in [2.05, 4.69) is 58.5 Å². The second-order valence-electron chi connectivity index (χ2n) is 8.47. The molecule has 0 N–H and O–H groups in total. The van der Waals surface area contributed by atoms with Gasteiger partial charge in [0.15, 0.2) is 0 Å². The summed E-state index contributed by atoms with van der Waals surface area (Å²) < 4.78 is 0. The SMILES string of the molecule is CC(C)C[C@@H]1CC(C)CN1C.CC(C)C[C@@H]1CCCN1C. The van der Waals surface area contributed by atoms with Crippen LogP contribution in [0.4, 0.5) is 0 Å². The minimum atomic E-state index is 0.854. The highest BCUT2D eigenvalue weighted by Gasteiger charge is 2.26. The van der Waals surface area contributed by atoms with E-state index in [0.717, 1.165) is 29.8 Å². The molecule has 0 aromatic carbocycles. The average molecular weight is 297 g/mol. The molecule has 126 valence electrons. The summed E-state index contributed by atoms with van der Waals surface area (Å²) in [6.45, 7) is 14.2. The number of hydrogen-bond donors (Lipinski definition) is 0. The Balaban J connectivity index is 0.000000211. The molecule has 2 aliphatic heterocycles. The monoisotopic (exact) mass is 296 g/mol. The fourth-order valence-electron chi connectivity index (χ4n) is 4.00. The summed E-state index contributed by atoms with van der Waals surface area (Å²) in [7, 11) is 4.51. The van der Waals surface area contributed by atoms with Gasteiger partial charge in [0.2, 0.25) is 0 Å². The first-order chi connectivity index (χ1) is 9.79. The van der Waals surface area contributed by atoms with Gasteiger partial charge in [0, 0.05) is 18.6 Å². The number of rotatable bonds is 4. The highest BCUT2D eigenvalue weighted by molar-refractivity contribution is 4.81. The van der Waals surface area contributed by atoms with Crippen molar-refractivity contribution >= 4 is 0 Å². The topological polar surface area (TPSA) is 6.48 Å². The molecule has 21 heavy (non-hydrogen) atoms. The van der Waals surface area contributed by atoms with Gasteiger partial charge in [-0.15, -0.1) is 0 Å². The van der Waals surface area contributed by atoms with Crippen LogP contribution in [0.2, 0.25) is 0 Å². The summed E-state index contributed by atoms with van der Waals surface area (Å²) in [5.41, 5.74) is 0. The van der Waals surface area contributed by atoms with Crippen LogP contribution in [0.5, 0.6) is 0 Å². The molecule has 0 aliphatic carbocycles. The predicted molar refractivity (Wildman–Crippen MR) is 94.8 cm³/mol. The van der Waals surface area contributed by atoms with Crippen LogP contribution >= 0.6 is 0 Å². The Labute approximate surface area is 134 Å². The van der Waals surface area contributed by atoms with Crippen molar-refractivity contribution in [1.82, 2.24) is 9.80 Å². The van der Waals surface area contributed by atoms with Gasteiger partial charge in [0.1, 0.15) is 0 Å². The zero-order valence-electron chi connectivity index (χ0n) is 15.7. The molecule has 2 fully saturated rings. The van der Waals surface area contributed by atoms with Gasteiger partial charge in [0.05, 0.1) is 0 Å². The van der Waals surface area contributed by atoms with Crippen LogP contribution in [0.1, 0.15) is 66.7 Å². The quantitative estimate of drug-likeness (QED) is 0.753. The molecule has 3 atom stereocenters. The molecule has 0 aromatic heterocycles. The summed E-state index contributed by atoms with van der Waals surface area (Å²) in [5.74, 6) is 2.64. The molecule has 2 aliphatic rings. The molecule has 0 bridgehead atoms. The lowest BCUT2D eigenvalue weighted by atomic mass is 9.99. The van der Waals surface area contributed by atoms with Gasteiger partial charge in [0.25, 0.3) is 0 Å². The number of likely N-dealkylation sites (tertiary alicyclic amines) is 2. The summed E-state index contributed by atoms with van der Waals surface area (Å²) >= 11 is 0. The molecule has 0 radical (unpaired) electrons. The summed E-state index contributed by atoms with van der Waals surface area (Å²) in [6, 6.07) is 1.75. The van der Waals surface area contributed by atoms with Gasteiger partial charge in [-0.25, -0.2) is 0 Å². The van der Waals surface area contributed by atoms with Gasteiger partial charge in [-0.3, -0.25) is 0 Å². The maximum absolute atomic E-state index is 2.52. The van der Waals surface area contributed by atoms with E-state index in [-0.39, 0.29) is 0 Å². The maximum Gasteiger partial charge on any atom is 0.00977 e. The molecular weight excluding hydrogens is 256 g/mol. The Kier molecular flexibility index (Phi) is 8.26. The Morgan fingerprint density at radius 3 is 1.86 bits per heavy atom. The second kappa shape index (κ2) is 9.15. The zero-order chi connectivity index (χ0) is 16.0. The first kappa shape index (κ1) is 19.0. The molecule has 1 unspecified atom stereocenters. The van der Waals surface area contributed by atoms with Crippen molar-refractivity contribution in [3.05, 3.63) is 0 Å². The van der Waals surface area contributed by atoms with E-state index in [4.69, 9.17) is 0 Å². The Hall–Kier alpha value is -0.0800. The lowest BCUT2D eigenvalue weighted by molar-refractivity contribution is 0.271. The van der Waals surface area contributed by atoms with Crippen molar-refractivity contribution in [2.75, 3.05) is 27.2 Å². The standard InChI is InChI=1S/C10H21N.C9H19N/c1-8(2)5-10-6-9(3)7-11(10)4;1-8(2)7-9-5-4-6-10(9)3/h8-10H,5-7H2,1-4H3;8-9H,4-7H2,1-3H3/t9?,10-;9-/m10/s1. The second-order valence-corrected chi connectivity index (χ2v) is 8.47. The summed E-state index contributed by atoms with van der Waals surface area (Å²) in [5, 5.41) is 0. The van der Waals surface area contributed by atoms with Gasteiger partial charge in [-0.05, 0) is 70.5 Å². The van der Waals surface area contributed by atoms with Crippen LogP contribution in [0.15, 0.2) is 0 Å². The van der Waals surface area contributed by atoms with E-state index in [1.807, 2.05) is 0 Å². The average Bonchev–Trinajstić information content (AvgIpc) is 2.86. The highest BCUT2D eigenvalue weighted by atomic mass is 15.2. The zero-order valence-corrected chi connectivity index (χ0v) is 15.7. The molecule has 2 saturated heterocycles. The first-order valence-corrected chi connectivity index (χ1v) is 9.20. The van der Waals surface area contributed by atoms with E-state index < -0.39 is 0 Å². The molecule has 0 amide bonds. The third kappa shape index (κ3) is 7.15. The normalized spacial score (nSPS) is 31.0. The Bertz CT molecular complexity index is 275. The van der Waals surface area contributed by atoms with Crippen LogP contribution in [-0.2, 0) is 0 Å². The van der Waals surface area contributed by atoms with Gasteiger partial charge < -0.3 is 9.80 Å². The van der Waals surface area contributed by atoms with E-state index in [1.165, 1.54) is 45.2 Å². The summed E-state index contributed by atoms with van der Waals surface area (Å²) in [6.07, 6.45) is 7.01. The molecule has 2 rings (SSSR count). The van der Waals surface area contributed by atoms with E-state index in [0.29, 0.717) is 0 Å². The van der Waals surface area contributed by atoms with Crippen LogP contribution in [-0.4, -0.2) is 49.1 Å². The van der Waals surface area contributed by atoms with Crippen LogP contribution in [0, 0.1) is 17.8 Å².